The molecule has 152 valence electrons. The lowest BCUT2D eigenvalue weighted by atomic mass is 10.1. The quantitative estimate of drug-likeness (QED) is 0.280. The summed E-state index contributed by atoms with van der Waals surface area (Å²) in [7, 11) is 0. The average Bonchev–Trinajstić information content (AvgIpc) is 2.74. The molecule has 3 rings (SSSR count). The van der Waals surface area contributed by atoms with E-state index in [4.69, 9.17) is 9.47 Å². The summed E-state index contributed by atoms with van der Waals surface area (Å²) in [5.41, 5.74) is 5.65. The predicted molar refractivity (Wildman–Crippen MR) is 115 cm³/mol. The molecule has 0 fully saturated rings. The lowest BCUT2D eigenvalue weighted by Crippen LogP contribution is -2.24. The Hall–Kier alpha value is -3.93. The molecule has 30 heavy (non-hydrogen) atoms. The Morgan fingerprint density at radius 2 is 1.77 bits per heavy atom. The van der Waals surface area contributed by atoms with Gasteiger partial charge in [0.15, 0.2) is 6.61 Å². The molecule has 1 amide bonds. The minimum atomic E-state index is -0.443. The highest BCUT2D eigenvalue weighted by Gasteiger charge is 2.08. The number of hydrazone groups is 1. The number of amides is 1. The third kappa shape index (κ3) is 6.04. The highest BCUT2D eigenvalue weighted by atomic mass is 16.5. The van der Waals surface area contributed by atoms with Crippen LogP contribution in [0.4, 0.5) is 0 Å². The molecule has 0 aromatic heterocycles. The number of nitrogens with one attached hydrogen (secondary N) is 1. The molecule has 0 radical (unpaired) electrons. The van der Waals surface area contributed by atoms with Gasteiger partial charge in [0, 0.05) is 0 Å². The molecule has 0 saturated heterocycles. The van der Waals surface area contributed by atoms with Crippen LogP contribution in [-0.2, 0) is 4.79 Å². The number of hydrogen-bond donors (Lipinski definition) is 1. The number of ether oxygens (including phenoxy) is 2. The number of hydrogen-bond acceptors (Lipinski definition) is 5. The Morgan fingerprint density at radius 3 is 2.53 bits per heavy atom. The Labute approximate surface area is 175 Å². The molecule has 3 aromatic rings. The first-order valence-corrected chi connectivity index (χ1v) is 9.40. The molecule has 0 aliphatic rings. The summed E-state index contributed by atoms with van der Waals surface area (Å²) in [6.45, 7) is 3.78. The summed E-state index contributed by atoms with van der Waals surface area (Å²) in [5.74, 6) is 0.226. The smallest absolute Gasteiger partial charge is 0.343 e. The number of benzene rings is 3. The third-order valence-electron chi connectivity index (χ3n) is 4.17. The van der Waals surface area contributed by atoms with Crippen LogP contribution >= 0.6 is 0 Å². The van der Waals surface area contributed by atoms with Crippen LogP contribution in [0.2, 0.25) is 0 Å². The van der Waals surface area contributed by atoms with Crippen molar-refractivity contribution in [3.05, 3.63) is 95.1 Å². The third-order valence-corrected chi connectivity index (χ3v) is 4.17. The van der Waals surface area contributed by atoms with E-state index in [0.717, 1.165) is 11.1 Å². The Balaban J connectivity index is 1.51. The fourth-order valence-electron chi connectivity index (χ4n) is 2.71. The van der Waals surface area contributed by atoms with Crippen LogP contribution < -0.4 is 14.9 Å². The van der Waals surface area contributed by atoms with Crippen molar-refractivity contribution in [3.8, 4) is 11.5 Å². The van der Waals surface area contributed by atoms with Gasteiger partial charge in [0.05, 0.1) is 11.8 Å². The molecule has 0 bridgehead atoms. The van der Waals surface area contributed by atoms with E-state index in [1.807, 2.05) is 38.1 Å². The van der Waals surface area contributed by atoms with Gasteiger partial charge in [-0.05, 0) is 55.3 Å². The molecular weight excluding hydrogens is 380 g/mol. The number of aryl methyl sites for hydroxylation is 2. The Morgan fingerprint density at radius 1 is 0.967 bits per heavy atom. The Kier molecular flexibility index (Phi) is 6.95. The van der Waals surface area contributed by atoms with Crippen LogP contribution in [0.15, 0.2) is 77.9 Å². The van der Waals surface area contributed by atoms with Crippen LogP contribution in [0.1, 0.15) is 27.0 Å². The summed E-state index contributed by atoms with van der Waals surface area (Å²) in [6, 6.07) is 21.3. The fourth-order valence-corrected chi connectivity index (χ4v) is 2.71. The largest absolute Gasteiger partial charge is 0.483 e. The number of nitrogens with zero attached hydrogens (tertiary/aromatic N) is 1. The maximum atomic E-state index is 12.1. The molecule has 0 atom stereocenters. The molecule has 0 heterocycles. The second kappa shape index (κ2) is 10.0. The van der Waals surface area contributed by atoms with Crippen LogP contribution in [0.25, 0.3) is 0 Å². The molecule has 0 saturated carbocycles. The maximum absolute atomic E-state index is 12.1. The van der Waals surface area contributed by atoms with Crippen molar-refractivity contribution in [2.45, 2.75) is 13.8 Å². The van der Waals surface area contributed by atoms with Crippen LogP contribution in [0, 0.1) is 13.8 Å². The van der Waals surface area contributed by atoms with E-state index in [9.17, 15) is 9.59 Å². The molecule has 0 unspecified atom stereocenters. The van der Waals surface area contributed by atoms with E-state index in [-0.39, 0.29) is 12.5 Å². The molecule has 6 heteroatoms. The van der Waals surface area contributed by atoms with Gasteiger partial charge in [0.1, 0.15) is 11.5 Å². The highest BCUT2D eigenvalue weighted by Crippen LogP contribution is 2.18. The predicted octanol–water partition coefficient (Wildman–Crippen LogP) is 4.05. The van der Waals surface area contributed by atoms with Gasteiger partial charge in [-0.1, -0.05) is 48.0 Å². The molecule has 1 N–H and O–H groups in total. The van der Waals surface area contributed by atoms with Crippen molar-refractivity contribution in [1.29, 1.82) is 0 Å². The normalized spacial score (nSPS) is 10.6. The van der Waals surface area contributed by atoms with Crippen molar-refractivity contribution < 1.29 is 19.1 Å². The van der Waals surface area contributed by atoms with Gasteiger partial charge >= 0.3 is 5.97 Å². The SMILES string of the molecule is Cc1ccc(OCC(=O)N/N=C\c2cccc(OC(=O)c3ccccc3)c2)c(C)c1. The van der Waals surface area contributed by atoms with Crippen LogP contribution in [-0.4, -0.2) is 24.7 Å². The monoisotopic (exact) mass is 402 g/mol. The zero-order chi connectivity index (χ0) is 21.3. The zero-order valence-electron chi connectivity index (χ0n) is 16.8. The molecule has 0 aliphatic carbocycles. The van der Waals surface area contributed by atoms with Gasteiger partial charge in [-0.15, -0.1) is 0 Å². The zero-order valence-corrected chi connectivity index (χ0v) is 16.8. The fraction of sp³-hybridized carbons (Fsp3) is 0.125. The summed E-state index contributed by atoms with van der Waals surface area (Å²) in [5, 5.41) is 3.92. The molecule has 6 nitrogen and oxygen atoms in total. The van der Waals surface area contributed by atoms with Crippen molar-refractivity contribution in [3.63, 3.8) is 0 Å². The number of rotatable bonds is 7. The summed E-state index contributed by atoms with van der Waals surface area (Å²) in [6.07, 6.45) is 1.47. The molecular formula is C24H22N2O4. The molecule has 3 aromatic carbocycles. The number of carbonyl (C=O) groups excluding carboxylic acids is 2. The average molecular weight is 402 g/mol. The Bertz CT molecular complexity index is 1060. The second-order valence-electron chi connectivity index (χ2n) is 6.68. The second-order valence-corrected chi connectivity index (χ2v) is 6.68. The van der Waals surface area contributed by atoms with E-state index in [2.05, 4.69) is 10.5 Å². The summed E-state index contributed by atoms with van der Waals surface area (Å²) >= 11 is 0. The van der Waals surface area contributed by atoms with Crippen molar-refractivity contribution in [2.24, 2.45) is 5.10 Å². The lowest BCUT2D eigenvalue weighted by molar-refractivity contribution is -0.123. The minimum Gasteiger partial charge on any atom is -0.483 e. The van der Waals surface area contributed by atoms with Gasteiger partial charge < -0.3 is 9.47 Å². The summed E-state index contributed by atoms with van der Waals surface area (Å²) < 4.78 is 10.9. The van der Waals surface area contributed by atoms with E-state index in [1.165, 1.54) is 6.21 Å². The maximum Gasteiger partial charge on any atom is 0.343 e. The standard InChI is InChI=1S/C24H22N2O4/c1-17-11-12-22(18(2)13-17)29-16-23(27)26-25-15-19-7-6-10-21(14-19)30-24(28)20-8-4-3-5-9-20/h3-15H,16H2,1-2H3,(H,26,27)/b25-15-. The molecule has 0 spiro atoms. The highest BCUT2D eigenvalue weighted by molar-refractivity contribution is 5.91. The van der Waals surface area contributed by atoms with Gasteiger partial charge in [-0.25, -0.2) is 10.2 Å². The van der Waals surface area contributed by atoms with Gasteiger partial charge in [0.2, 0.25) is 0 Å². The van der Waals surface area contributed by atoms with E-state index in [1.54, 1.807) is 48.5 Å². The first kappa shape index (κ1) is 20.8. The first-order chi connectivity index (χ1) is 14.5. The summed E-state index contributed by atoms with van der Waals surface area (Å²) in [4.78, 5) is 24.1. The van der Waals surface area contributed by atoms with Gasteiger partial charge in [0.25, 0.3) is 5.91 Å². The minimum absolute atomic E-state index is 0.143. The van der Waals surface area contributed by atoms with Crippen LogP contribution in [0.5, 0.6) is 11.5 Å². The van der Waals surface area contributed by atoms with E-state index < -0.39 is 5.97 Å². The van der Waals surface area contributed by atoms with E-state index >= 15 is 0 Å². The van der Waals surface area contributed by atoms with Crippen molar-refractivity contribution in [2.75, 3.05) is 6.61 Å². The molecule has 0 aliphatic heterocycles. The topological polar surface area (TPSA) is 77.0 Å². The van der Waals surface area contributed by atoms with Gasteiger partial charge in [-0.2, -0.15) is 5.10 Å². The number of esters is 1. The first-order valence-electron chi connectivity index (χ1n) is 9.40. The van der Waals surface area contributed by atoms with Crippen LogP contribution in [0.3, 0.4) is 0 Å². The number of carbonyl (C=O) groups is 2. The van der Waals surface area contributed by atoms with E-state index in [0.29, 0.717) is 22.6 Å². The van der Waals surface area contributed by atoms with Crippen molar-refractivity contribution in [1.82, 2.24) is 5.43 Å². The van der Waals surface area contributed by atoms with Crippen molar-refractivity contribution >= 4 is 18.1 Å². The lowest BCUT2D eigenvalue weighted by Gasteiger charge is -2.08. The van der Waals surface area contributed by atoms with Gasteiger partial charge in [-0.3, -0.25) is 4.79 Å².